The zero-order valence-corrected chi connectivity index (χ0v) is 16.2. The average molecular weight is 441 g/mol. The summed E-state index contributed by atoms with van der Waals surface area (Å²) in [5.41, 5.74) is 2.58. The van der Waals surface area contributed by atoms with Gasteiger partial charge in [0.05, 0.1) is 10.6 Å². The lowest BCUT2D eigenvalue weighted by atomic mass is 10.1. The predicted molar refractivity (Wildman–Crippen MR) is 105 cm³/mol. The van der Waals surface area contributed by atoms with E-state index < -0.39 is 11.2 Å². The smallest absolute Gasteiger partial charge is 0.323 e. The van der Waals surface area contributed by atoms with Crippen LogP contribution in [0.15, 0.2) is 53.0 Å². The summed E-state index contributed by atoms with van der Waals surface area (Å²) in [5.74, 6) is -1.02. The molecule has 0 saturated heterocycles. The number of thiazole rings is 1. The lowest BCUT2D eigenvalue weighted by Gasteiger charge is -2.03. The molecule has 0 aliphatic rings. The Hall–Kier alpha value is -1.34. The van der Waals surface area contributed by atoms with E-state index in [-0.39, 0.29) is 0 Å². The van der Waals surface area contributed by atoms with Crippen molar-refractivity contribution in [2.45, 2.75) is 5.25 Å². The van der Waals surface area contributed by atoms with Crippen LogP contribution in [-0.2, 0) is 4.79 Å². The normalized spacial score (nSPS) is 12.1. The number of hydrogen-bond donors (Lipinski definition) is 2. The second-order valence-corrected chi connectivity index (χ2v) is 7.88. The Balaban J connectivity index is 2.16. The first-order valence-electron chi connectivity index (χ1n) is 6.89. The summed E-state index contributed by atoms with van der Waals surface area (Å²) < 4.78 is 0.974. The second-order valence-electron chi connectivity index (χ2n) is 4.98. The SMILES string of the molecule is O=C(O)C(S)c1nc(-c2ccc(Cl)cc2)c(-c2ccc(Br)cc2)s1. The van der Waals surface area contributed by atoms with Gasteiger partial charge in [-0.05, 0) is 29.8 Å². The van der Waals surface area contributed by atoms with Crippen molar-refractivity contribution in [2.75, 3.05) is 0 Å². The van der Waals surface area contributed by atoms with E-state index in [1.54, 1.807) is 12.1 Å². The molecule has 3 aromatic rings. The Labute approximate surface area is 161 Å². The molecule has 0 aliphatic carbocycles. The van der Waals surface area contributed by atoms with Crippen molar-refractivity contribution in [3.8, 4) is 21.7 Å². The van der Waals surface area contributed by atoms with Crippen LogP contribution in [0, 0.1) is 0 Å². The standard InChI is InChI=1S/C17H11BrClNO2S2/c18-11-5-1-10(2-6-11)15-13(9-3-7-12(19)8-4-9)20-16(24-15)14(23)17(21)22/h1-8,14,23H,(H,21,22). The molecule has 7 heteroatoms. The third-order valence-corrected chi connectivity index (χ3v) is 5.93. The largest absolute Gasteiger partial charge is 0.480 e. The van der Waals surface area contributed by atoms with E-state index in [9.17, 15) is 9.90 Å². The van der Waals surface area contributed by atoms with Gasteiger partial charge in [0, 0.05) is 15.1 Å². The molecular weight excluding hydrogens is 430 g/mol. The summed E-state index contributed by atoms with van der Waals surface area (Å²) in [7, 11) is 0. The molecule has 1 N–H and O–H groups in total. The molecule has 0 aliphatic heterocycles. The lowest BCUT2D eigenvalue weighted by molar-refractivity contribution is -0.136. The Morgan fingerprint density at radius 1 is 1.12 bits per heavy atom. The molecule has 0 radical (unpaired) electrons. The van der Waals surface area contributed by atoms with Gasteiger partial charge in [-0.3, -0.25) is 4.79 Å². The number of carboxylic acids is 1. The molecular formula is C17H11BrClNO2S2. The van der Waals surface area contributed by atoms with Gasteiger partial charge in [0.2, 0.25) is 0 Å². The minimum absolute atomic E-state index is 0.453. The number of benzene rings is 2. The third-order valence-electron chi connectivity index (χ3n) is 3.34. The summed E-state index contributed by atoms with van der Waals surface area (Å²) in [6, 6.07) is 15.1. The topological polar surface area (TPSA) is 50.2 Å². The summed E-state index contributed by atoms with van der Waals surface area (Å²) in [4.78, 5) is 16.7. The molecule has 1 heterocycles. The quantitative estimate of drug-likeness (QED) is 0.493. The number of halogens is 2. The first-order valence-corrected chi connectivity index (χ1v) is 9.39. The molecule has 3 nitrogen and oxygen atoms in total. The molecule has 24 heavy (non-hydrogen) atoms. The van der Waals surface area contributed by atoms with Crippen LogP contribution >= 0.6 is 51.5 Å². The molecule has 2 aromatic carbocycles. The fraction of sp³-hybridized carbons (Fsp3) is 0.0588. The highest BCUT2D eigenvalue weighted by molar-refractivity contribution is 9.10. The molecule has 0 fully saturated rings. The van der Waals surface area contributed by atoms with Gasteiger partial charge in [-0.25, -0.2) is 4.98 Å². The molecule has 0 spiro atoms. The van der Waals surface area contributed by atoms with Crippen molar-refractivity contribution >= 4 is 57.5 Å². The van der Waals surface area contributed by atoms with E-state index in [0.717, 1.165) is 26.2 Å². The van der Waals surface area contributed by atoms with E-state index >= 15 is 0 Å². The predicted octanol–water partition coefficient (Wildman–Crippen LogP) is 5.95. The van der Waals surface area contributed by atoms with Crippen molar-refractivity contribution in [1.82, 2.24) is 4.98 Å². The van der Waals surface area contributed by atoms with Gasteiger partial charge in [-0.15, -0.1) is 11.3 Å². The van der Waals surface area contributed by atoms with E-state index in [1.165, 1.54) is 11.3 Å². The Kier molecular flexibility index (Phi) is 5.30. The molecule has 1 unspecified atom stereocenters. The maximum atomic E-state index is 11.2. The third kappa shape index (κ3) is 3.67. The van der Waals surface area contributed by atoms with Crippen LogP contribution in [0.1, 0.15) is 10.3 Å². The fourth-order valence-corrected chi connectivity index (χ4v) is 3.84. The van der Waals surface area contributed by atoms with E-state index in [0.29, 0.717) is 10.0 Å². The molecule has 122 valence electrons. The number of hydrogen-bond acceptors (Lipinski definition) is 4. The number of rotatable bonds is 4. The average Bonchev–Trinajstić information content (AvgIpc) is 3.00. The van der Waals surface area contributed by atoms with Crippen molar-refractivity contribution in [2.24, 2.45) is 0 Å². The van der Waals surface area contributed by atoms with Crippen molar-refractivity contribution in [3.05, 3.63) is 63.0 Å². The maximum absolute atomic E-state index is 11.2. The van der Waals surface area contributed by atoms with Crippen molar-refractivity contribution in [3.63, 3.8) is 0 Å². The first-order chi connectivity index (χ1) is 11.5. The number of nitrogens with zero attached hydrogens (tertiary/aromatic N) is 1. The summed E-state index contributed by atoms with van der Waals surface area (Å²) in [6.45, 7) is 0. The van der Waals surface area contributed by atoms with Gasteiger partial charge in [-0.2, -0.15) is 12.6 Å². The number of aromatic nitrogens is 1. The maximum Gasteiger partial charge on any atom is 0.323 e. The lowest BCUT2D eigenvalue weighted by Crippen LogP contribution is -2.04. The monoisotopic (exact) mass is 439 g/mol. The van der Waals surface area contributed by atoms with Gasteiger partial charge in [0.15, 0.2) is 5.25 Å². The molecule has 1 atom stereocenters. The van der Waals surface area contributed by atoms with Gasteiger partial charge in [-0.1, -0.05) is 51.8 Å². The highest BCUT2D eigenvalue weighted by Gasteiger charge is 2.23. The van der Waals surface area contributed by atoms with E-state index in [2.05, 4.69) is 33.5 Å². The van der Waals surface area contributed by atoms with Crippen LogP contribution in [0.25, 0.3) is 21.7 Å². The zero-order valence-electron chi connectivity index (χ0n) is 12.1. The Morgan fingerprint density at radius 3 is 2.29 bits per heavy atom. The highest BCUT2D eigenvalue weighted by Crippen LogP contribution is 2.40. The van der Waals surface area contributed by atoms with Gasteiger partial charge >= 0.3 is 5.97 Å². The van der Waals surface area contributed by atoms with Crippen LogP contribution < -0.4 is 0 Å². The number of carboxylic acid groups (broad SMARTS) is 1. The van der Waals surface area contributed by atoms with Crippen LogP contribution in [0.5, 0.6) is 0 Å². The van der Waals surface area contributed by atoms with Crippen LogP contribution in [-0.4, -0.2) is 16.1 Å². The minimum Gasteiger partial charge on any atom is -0.480 e. The van der Waals surface area contributed by atoms with E-state index in [4.69, 9.17) is 11.6 Å². The van der Waals surface area contributed by atoms with Gasteiger partial charge in [0.1, 0.15) is 5.01 Å². The molecule has 3 rings (SSSR count). The fourth-order valence-electron chi connectivity index (χ4n) is 2.16. The minimum atomic E-state index is -1.02. The molecule has 0 amide bonds. The number of carbonyl (C=O) groups is 1. The molecule has 0 saturated carbocycles. The number of aliphatic carboxylic acids is 1. The summed E-state index contributed by atoms with van der Waals surface area (Å²) >= 11 is 14.9. The zero-order chi connectivity index (χ0) is 17.3. The van der Waals surface area contributed by atoms with Gasteiger partial charge in [0.25, 0.3) is 0 Å². The summed E-state index contributed by atoms with van der Waals surface area (Å²) in [5, 5.41) is 9.35. The highest BCUT2D eigenvalue weighted by atomic mass is 79.9. The van der Waals surface area contributed by atoms with Crippen molar-refractivity contribution in [1.29, 1.82) is 0 Å². The first kappa shape index (κ1) is 17.5. The summed E-state index contributed by atoms with van der Waals surface area (Å²) in [6.07, 6.45) is 0. The van der Waals surface area contributed by atoms with Crippen LogP contribution in [0.2, 0.25) is 5.02 Å². The number of thiol groups is 1. The van der Waals surface area contributed by atoms with Crippen LogP contribution in [0.3, 0.4) is 0 Å². The van der Waals surface area contributed by atoms with E-state index in [1.807, 2.05) is 36.4 Å². The van der Waals surface area contributed by atoms with Crippen molar-refractivity contribution < 1.29 is 9.90 Å². The molecule has 1 aromatic heterocycles. The van der Waals surface area contributed by atoms with Crippen LogP contribution in [0.4, 0.5) is 0 Å². The molecule has 0 bridgehead atoms. The Morgan fingerprint density at radius 2 is 1.71 bits per heavy atom. The second kappa shape index (κ2) is 7.27. The Bertz CT molecular complexity index is 816. The van der Waals surface area contributed by atoms with Gasteiger partial charge < -0.3 is 5.11 Å².